The molecule has 0 unspecified atom stereocenters. The molecule has 120 valence electrons. The molecule has 0 saturated carbocycles. The molecule has 0 radical (unpaired) electrons. The second-order valence-electron chi connectivity index (χ2n) is 5.04. The lowest BCUT2D eigenvalue weighted by Gasteiger charge is -2.10. The van der Waals surface area contributed by atoms with Gasteiger partial charge in [0.1, 0.15) is 10.3 Å². The van der Waals surface area contributed by atoms with E-state index in [0.29, 0.717) is 21.9 Å². The molecule has 0 bridgehead atoms. The lowest BCUT2D eigenvalue weighted by molar-refractivity contribution is 0.0601. The summed E-state index contributed by atoms with van der Waals surface area (Å²) in [6, 6.07) is 13.3. The van der Waals surface area contributed by atoms with E-state index in [4.69, 9.17) is 27.9 Å². The number of esters is 1. The summed E-state index contributed by atoms with van der Waals surface area (Å²) in [5.41, 5.74) is 1.02. The zero-order valence-electron chi connectivity index (χ0n) is 12.5. The second-order valence-corrected chi connectivity index (χ2v) is 5.79. The molecule has 0 saturated heterocycles. The number of carbonyl (C=O) groups excluding carboxylic acids is 2. The number of aromatic nitrogens is 1. The highest BCUT2D eigenvalue weighted by molar-refractivity contribution is 6.37. The van der Waals surface area contributed by atoms with E-state index < -0.39 is 5.97 Å². The number of methoxy groups -OCH3 is 1. The summed E-state index contributed by atoms with van der Waals surface area (Å²) in [6.45, 7) is 0. The molecular formula is C18H11Cl2NO3. The summed E-state index contributed by atoms with van der Waals surface area (Å²) in [5, 5.41) is 1.27. The van der Waals surface area contributed by atoms with Crippen LogP contribution >= 0.6 is 23.2 Å². The second kappa shape index (κ2) is 6.59. The average molecular weight is 360 g/mol. The molecule has 0 spiro atoms. The van der Waals surface area contributed by atoms with Gasteiger partial charge in [-0.25, -0.2) is 9.78 Å². The molecular weight excluding hydrogens is 349 g/mol. The van der Waals surface area contributed by atoms with Crippen LogP contribution in [-0.2, 0) is 4.74 Å². The Hall–Kier alpha value is -2.43. The van der Waals surface area contributed by atoms with Gasteiger partial charge in [0.15, 0.2) is 5.78 Å². The van der Waals surface area contributed by atoms with E-state index >= 15 is 0 Å². The Balaban J connectivity index is 2.32. The Kier molecular flexibility index (Phi) is 4.51. The van der Waals surface area contributed by atoms with Crippen LogP contribution in [0.25, 0.3) is 10.8 Å². The topological polar surface area (TPSA) is 56.3 Å². The van der Waals surface area contributed by atoms with Crippen LogP contribution < -0.4 is 0 Å². The van der Waals surface area contributed by atoms with Crippen molar-refractivity contribution >= 4 is 45.7 Å². The van der Waals surface area contributed by atoms with Crippen LogP contribution in [0.15, 0.2) is 48.5 Å². The first-order valence-electron chi connectivity index (χ1n) is 6.99. The van der Waals surface area contributed by atoms with Crippen LogP contribution in [0.1, 0.15) is 26.3 Å². The van der Waals surface area contributed by atoms with Crippen molar-refractivity contribution in [2.24, 2.45) is 0 Å². The van der Waals surface area contributed by atoms with Crippen LogP contribution in [0.4, 0.5) is 0 Å². The molecule has 0 aliphatic carbocycles. The number of ketones is 1. The first kappa shape index (κ1) is 16.4. The summed E-state index contributed by atoms with van der Waals surface area (Å²) in [5.74, 6) is -0.810. The average Bonchev–Trinajstić information content (AvgIpc) is 2.60. The van der Waals surface area contributed by atoms with Crippen molar-refractivity contribution in [2.75, 3.05) is 7.11 Å². The van der Waals surface area contributed by atoms with E-state index in [-0.39, 0.29) is 21.7 Å². The molecule has 6 heteroatoms. The summed E-state index contributed by atoms with van der Waals surface area (Å²) in [4.78, 5) is 28.8. The summed E-state index contributed by atoms with van der Waals surface area (Å²) >= 11 is 12.1. The van der Waals surface area contributed by atoms with Crippen molar-refractivity contribution in [3.63, 3.8) is 0 Å². The number of fused-ring (bicyclic) bond motifs is 1. The van der Waals surface area contributed by atoms with Crippen LogP contribution in [0.5, 0.6) is 0 Å². The van der Waals surface area contributed by atoms with Crippen LogP contribution in [-0.4, -0.2) is 23.8 Å². The van der Waals surface area contributed by atoms with Crippen molar-refractivity contribution in [3.8, 4) is 0 Å². The number of nitrogens with zero attached hydrogens (tertiary/aromatic N) is 1. The Morgan fingerprint density at radius 2 is 1.67 bits per heavy atom. The molecule has 24 heavy (non-hydrogen) atoms. The molecule has 0 N–H and O–H groups in total. The molecule has 2 aromatic carbocycles. The van der Waals surface area contributed by atoms with E-state index in [1.54, 1.807) is 30.3 Å². The van der Waals surface area contributed by atoms with Gasteiger partial charge in [0, 0.05) is 16.5 Å². The first-order valence-corrected chi connectivity index (χ1v) is 7.74. The zero-order valence-corrected chi connectivity index (χ0v) is 14.1. The van der Waals surface area contributed by atoms with Crippen LogP contribution in [0, 0.1) is 0 Å². The molecule has 1 aromatic heterocycles. The summed E-state index contributed by atoms with van der Waals surface area (Å²) in [7, 11) is 1.27. The maximum absolute atomic E-state index is 12.9. The predicted molar refractivity (Wildman–Crippen MR) is 93.0 cm³/mol. The highest BCUT2D eigenvalue weighted by Gasteiger charge is 2.19. The van der Waals surface area contributed by atoms with Gasteiger partial charge in [-0.3, -0.25) is 4.79 Å². The molecule has 0 fully saturated rings. The number of ether oxygens (including phenoxy) is 1. The number of carbonyl (C=O) groups is 2. The number of hydrogen-bond donors (Lipinski definition) is 0. The maximum atomic E-state index is 12.9. The van der Waals surface area contributed by atoms with E-state index in [9.17, 15) is 9.59 Å². The van der Waals surface area contributed by atoms with Crippen molar-refractivity contribution < 1.29 is 14.3 Å². The number of rotatable bonds is 3. The third kappa shape index (κ3) is 2.98. The number of benzene rings is 2. The monoisotopic (exact) mass is 359 g/mol. The standard InChI is InChI=1S/C18H11Cl2NO3/c1-24-18(23)11-7-13(16(22)10-5-3-2-4-6-10)12-9-15(19)21-17(20)14(12)8-11/h2-9H,1H3. The van der Waals surface area contributed by atoms with E-state index in [1.807, 2.05) is 6.07 Å². The van der Waals surface area contributed by atoms with Gasteiger partial charge >= 0.3 is 5.97 Å². The molecule has 0 atom stereocenters. The van der Waals surface area contributed by atoms with Gasteiger partial charge in [0.2, 0.25) is 0 Å². The van der Waals surface area contributed by atoms with Gasteiger partial charge in [-0.15, -0.1) is 0 Å². The predicted octanol–water partition coefficient (Wildman–Crippen LogP) is 4.56. The minimum absolute atomic E-state index is 0.116. The summed E-state index contributed by atoms with van der Waals surface area (Å²) < 4.78 is 4.75. The molecule has 4 nitrogen and oxygen atoms in total. The molecule has 0 amide bonds. The third-order valence-electron chi connectivity index (χ3n) is 3.57. The Morgan fingerprint density at radius 1 is 0.958 bits per heavy atom. The Bertz CT molecular complexity index is 955. The quantitative estimate of drug-likeness (QED) is 0.390. The minimum atomic E-state index is -0.565. The van der Waals surface area contributed by atoms with E-state index in [1.165, 1.54) is 19.2 Å². The molecule has 3 aromatic rings. The van der Waals surface area contributed by atoms with Crippen LogP contribution in [0.2, 0.25) is 10.3 Å². The zero-order chi connectivity index (χ0) is 17.3. The van der Waals surface area contributed by atoms with Crippen molar-refractivity contribution in [3.05, 3.63) is 75.5 Å². The highest BCUT2D eigenvalue weighted by Crippen LogP contribution is 2.30. The minimum Gasteiger partial charge on any atom is -0.465 e. The highest BCUT2D eigenvalue weighted by atomic mass is 35.5. The van der Waals surface area contributed by atoms with Gasteiger partial charge in [-0.2, -0.15) is 0 Å². The molecule has 0 aliphatic heterocycles. The fraction of sp³-hybridized carbons (Fsp3) is 0.0556. The number of pyridine rings is 1. The largest absolute Gasteiger partial charge is 0.465 e. The van der Waals surface area contributed by atoms with Crippen molar-refractivity contribution in [2.45, 2.75) is 0 Å². The fourth-order valence-electron chi connectivity index (χ4n) is 2.45. The molecule has 1 heterocycles. The molecule has 3 rings (SSSR count). The van der Waals surface area contributed by atoms with Gasteiger partial charge < -0.3 is 4.74 Å². The fourth-order valence-corrected chi connectivity index (χ4v) is 2.94. The lowest BCUT2D eigenvalue weighted by atomic mass is 9.96. The third-order valence-corrected chi connectivity index (χ3v) is 4.05. The smallest absolute Gasteiger partial charge is 0.337 e. The van der Waals surface area contributed by atoms with Gasteiger partial charge in [0.05, 0.1) is 12.7 Å². The number of halogens is 2. The SMILES string of the molecule is COC(=O)c1cc(C(=O)c2ccccc2)c2cc(Cl)nc(Cl)c2c1. The summed E-state index contributed by atoms with van der Waals surface area (Å²) in [6.07, 6.45) is 0. The number of hydrogen-bond acceptors (Lipinski definition) is 4. The van der Waals surface area contributed by atoms with Crippen molar-refractivity contribution in [1.29, 1.82) is 0 Å². The lowest BCUT2D eigenvalue weighted by Crippen LogP contribution is -2.07. The normalized spacial score (nSPS) is 10.6. The first-order chi connectivity index (χ1) is 11.5. The Labute approximate surface area is 148 Å². The van der Waals surface area contributed by atoms with Gasteiger partial charge in [-0.05, 0) is 23.6 Å². The van der Waals surface area contributed by atoms with Gasteiger partial charge in [0.25, 0.3) is 0 Å². The molecule has 0 aliphatic rings. The van der Waals surface area contributed by atoms with Crippen LogP contribution in [0.3, 0.4) is 0 Å². The van der Waals surface area contributed by atoms with E-state index in [2.05, 4.69) is 4.98 Å². The Morgan fingerprint density at radius 3 is 2.33 bits per heavy atom. The van der Waals surface area contributed by atoms with Crippen molar-refractivity contribution in [1.82, 2.24) is 4.98 Å². The van der Waals surface area contributed by atoms with Gasteiger partial charge in [-0.1, -0.05) is 53.5 Å². The maximum Gasteiger partial charge on any atom is 0.337 e. The van der Waals surface area contributed by atoms with E-state index in [0.717, 1.165) is 0 Å².